The second kappa shape index (κ2) is 4.23. The molecule has 2 atom stereocenters. The van der Waals surface area contributed by atoms with Gasteiger partial charge in [0.2, 0.25) is 12.3 Å². The highest BCUT2D eigenvalue weighted by Crippen LogP contribution is 2.28. The maximum Gasteiger partial charge on any atom is 0.353 e. The molecule has 76 valence electrons. The molecule has 0 aromatic rings. The number of hydrogen-bond donors (Lipinski definition) is 0. The lowest BCUT2D eigenvalue weighted by atomic mass is 10.1. The van der Waals surface area contributed by atoms with Crippen molar-refractivity contribution >= 4 is 33.7 Å². The third-order valence-electron chi connectivity index (χ3n) is 1.08. The Hall–Kier alpha value is -0.360. The fourth-order valence-corrected chi connectivity index (χ4v) is 0.622. The number of halogens is 6. The summed E-state index contributed by atoms with van der Waals surface area (Å²) in [4.78, 5) is 19.8. The topological polar surface area (TPSA) is 34.1 Å². The molecule has 0 spiro atoms. The van der Waals surface area contributed by atoms with Crippen LogP contribution in [-0.2, 0) is 9.59 Å². The van der Waals surface area contributed by atoms with Gasteiger partial charge in [-0.1, -0.05) is 0 Å². The molecular weight excluding hydrogens is 239 g/mol. The van der Waals surface area contributed by atoms with E-state index in [1.165, 1.54) is 0 Å². The zero-order valence-corrected chi connectivity index (χ0v) is 7.25. The van der Waals surface area contributed by atoms with Crippen molar-refractivity contribution in [1.29, 1.82) is 0 Å². The Morgan fingerprint density at radius 1 is 1.15 bits per heavy atom. The van der Waals surface area contributed by atoms with Crippen molar-refractivity contribution in [2.45, 2.75) is 18.3 Å². The van der Waals surface area contributed by atoms with Crippen LogP contribution < -0.4 is 0 Å². The Labute approximate surface area is 79.8 Å². The maximum absolute atomic E-state index is 12.3. The van der Waals surface area contributed by atoms with Gasteiger partial charge in [0.25, 0.3) is 10.5 Å². The van der Waals surface area contributed by atoms with Crippen LogP contribution in [-0.4, -0.2) is 28.8 Å². The van der Waals surface area contributed by atoms with Crippen molar-refractivity contribution in [3.8, 4) is 0 Å². The van der Waals surface area contributed by atoms with Gasteiger partial charge in [-0.3, -0.25) is 9.59 Å². The van der Waals surface area contributed by atoms with E-state index in [0.717, 1.165) is 0 Å². The van der Waals surface area contributed by atoms with E-state index in [0.29, 0.717) is 0 Å². The minimum Gasteiger partial charge on any atom is -0.278 e. The summed E-state index contributed by atoms with van der Waals surface area (Å²) in [5.74, 6) is -4.76. The Kier molecular flexibility index (Phi) is 4.12. The maximum atomic E-state index is 12.3. The fraction of sp³-hybridized carbons (Fsp3) is 0.600. The van der Waals surface area contributed by atoms with Crippen LogP contribution in [0.4, 0.5) is 17.6 Å². The van der Waals surface area contributed by atoms with Gasteiger partial charge in [-0.15, -0.1) is 0 Å². The highest BCUT2D eigenvalue weighted by Gasteiger charge is 2.53. The number of hydrogen-bond acceptors (Lipinski definition) is 2. The third kappa shape index (κ3) is 2.80. The van der Waals surface area contributed by atoms with Gasteiger partial charge in [0, 0.05) is 0 Å². The molecule has 0 rings (SSSR count). The van der Waals surface area contributed by atoms with Crippen molar-refractivity contribution < 1.29 is 27.2 Å². The molecule has 0 N–H and O–H groups in total. The summed E-state index contributed by atoms with van der Waals surface area (Å²) in [7, 11) is 0. The van der Waals surface area contributed by atoms with Crippen LogP contribution in [0.2, 0.25) is 0 Å². The summed E-state index contributed by atoms with van der Waals surface area (Å²) in [5.41, 5.74) is 0. The fourth-order valence-electron chi connectivity index (χ4n) is 0.407. The van der Waals surface area contributed by atoms with Crippen molar-refractivity contribution in [1.82, 2.24) is 0 Å². The third-order valence-corrected chi connectivity index (χ3v) is 1.54. The quantitative estimate of drug-likeness (QED) is 0.555. The zero-order chi connectivity index (χ0) is 10.8. The van der Waals surface area contributed by atoms with Crippen molar-refractivity contribution in [3.63, 3.8) is 0 Å². The number of carbonyl (C=O) groups is 2. The van der Waals surface area contributed by atoms with Crippen molar-refractivity contribution in [3.05, 3.63) is 0 Å². The summed E-state index contributed by atoms with van der Waals surface area (Å²) in [6.45, 7) is 0. The first-order chi connectivity index (χ1) is 5.71. The predicted molar refractivity (Wildman–Crippen MR) is 36.5 cm³/mol. The van der Waals surface area contributed by atoms with E-state index in [9.17, 15) is 27.2 Å². The molecule has 0 bridgehead atoms. The van der Waals surface area contributed by atoms with Gasteiger partial charge in [0.15, 0.2) is 0 Å². The molecule has 2 nitrogen and oxygen atoms in total. The molecule has 0 aliphatic carbocycles. The normalized spacial score (nSPS) is 16.5. The van der Waals surface area contributed by atoms with Crippen molar-refractivity contribution in [2.75, 3.05) is 0 Å². The minimum atomic E-state index is -4.76. The van der Waals surface area contributed by atoms with E-state index in [1.54, 1.807) is 0 Å². The molecule has 0 fully saturated rings. The second-order valence-corrected chi connectivity index (χ2v) is 2.72. The van der Waals surface area contributed by atoms with Gasteiger partial charge < -0.3 is 0 Å². The average Bonchev–Trinajstić information content (AvgIpc) is 2.01. The van der Waals surface area contributed by atoms with Gasteiger partial charge in [-0.25, -0.2) is 8.78 Å². The van der Waals surface area contributed by atoms with E-state index in [4.69, 9.17) is 0 Å². The Bertz CT molecular complexity index is 233. The van der Waals surface area contributed by atoms with Gasteiger partial charge in [-0.2, -0.15) is 8.78 Å². The first-order valence-corrected chi connectivity index (χ1v) is 3.52. The van der Waals surface area contributed by atoms with Crippen LogP contribution in [0.1, 0.15) is 0 Å². The summed E-state index contributed by atoms with van der Waals surface area (Å²) >= 11 is 8.66. The molecule has 0 saturated heterocycles. The molecule has 8 heteroatoms. The van der Waals surface area contributed by atoms with E-state index >= 15 is 0 Å². The van der Waals surface area contributed by atoms with Crippen LogP contribution in [0.15, 0.2) is 0 Å². The van der Waals surface area contributed by atoms with E-state index in [1.807, 2.05) is 0 Å². The Balaban J connectivity index is 4.67. The molecule has 0 amide bonds. The molecule has 0 aliphatic rings. The SMILES string of the molecule is O=C(Cl)C(F)C(F)C(F)(F)C(=O)Cl. The van der Waals surface area contributed by atoms with Crippen molar-refractivity contribution in [2.24, 2.45) is 0 Å². The van der Waals surface area contributed by atoms with Gasteiger partial charge in [-0.05, 0) is 23.2 Å². The second-order valence-electron chi connectivity index (χ2n) is 2.00. The molecule has 0 heterocycles. The molecule has 0 radical (unpaired) electrons. The van der Waals surface area contributed by atoms with Crippen LogP contribution in [0.25, 0.3) is 0 Å². The molecule has 0 aromatic heterocycles. The van der Waals surface area contributed by atoms with Gasteiger partial charge >= 0.3 is 5.92 Å². The number of rotatable bonds is 4. The standard InChI is InChI=1S/C5H2Cl2F4O2/c6-3(12)1(8)2(9)5(10,11)4(7)13/h1-2H. The lowest BCUT2D eigenvalue weighted by Gasteiger charge is -2.17. The number of carbonyl (C=O) groups excluding carboxylic acids is 2. The Morgan fingerprint density at radius 2 is 1.54 bits per heavy atom. The van der Waals surface area contributed by atoms with Crippen LogP contribution >= 0.6 is 23.2 Å². The minimum absolute atomic E-state index is 1.95. The Morgan fingerprint density at radius 3 is 1.77 bits per heavy atom. The summed E-state index contributed by atoms with van der Waals surface area (Å²) in [5, 5.41) is -4.34. The van der Waals surface area contributed by atoms with Gasteiger partial charge in [0.05, 0.1) is 0 Å². The van der Waals surface area contributed by atoms with E-state index < -0.39 is 28.8 Å². The predicted octanol–water partition coefficient (Wildman–Crippen LogP) is 1.83. The van der Waals surface area contributed by atoms with Crippen LogP contribution in [0.5, 0.6) is 0 Å². The molecular formula is C5H2Cl2F4O2. The lowest BCUT2D eigenvalue weighted by molar-refractivity contribution is -0.151. The zero-order valence-electron chi connectivity index (χ0n) is 5.74. The summed E-state index contributed by atoms with van der Waals surface area (Å²) in [6, 6.07) is 0. The highest BCUT2D eigenvalue weighted by molar-refractivity contribution is 6.66. The molecule has 0 saturated carbocycles. The van der Waals surface area contributed by atoms with Crippen LogP contribution in [0.3, 0.4) is 0 Å². The summed E-state index contributed by atoms with van der Waals surface area (Å²) < 4.78 is 49.1. The monoisotopic (exact) mass is 240 g/mol. The van der Waals surface area contributed by atoms with E-state index in [2.05, 4.69) is 23.2 Å². The molecule has 0 aromatic carbocycles. The van der Waals surface area contributed by atoms with E-state index in [-0.39, 0.29) is 0 Å². The lowest BCUT2D eigenvalue weighted by Crippen LogP contribution is -2.44. The highest BCUT2D eigenvalue weighted by atomic mass is 35.5. The summed E-state index contributed by atoms with van der Waals surface area (Å²) in [6.07, 6.45) is -6.94. The van der Waals surface area contributed by atoms with Crippen LogP contribution in [0, 0.1) is 0 Å². The molecule has 2 unspecified atom stereocenters. The molecule has 13 heavy (non-hydrogen) atoms. The largest absolute Gasteiger partial charge is 0.353 e. The average molecular weight is 241 g/mol. The first-order valence-electron chi connectivity index (χ1n) is 2.76. The smallest absolute Gasteiger partial charge is 0.278 e. The first kappa shape index (κ1) is 12.6. The molecule has 0 aliphatic heterocycles. The number of alkyl halides is 4. The van der Waals surface area contributed by atoms with Gasteiger partial charge in [0.1, 0.15) is 0 Å².